The Morgan fingerprint density at radius 1 is 1.36 bits per heavy atom. The Labute approximate surface area is 164 Å². The smallest absolute Gasteiger partial charge is 0.293 e. The van der Waals surface area contributed by atoms with Gasteiger partial charge >= 0.3 is 0 Å². The number of hydrogen-bond donors (Lipinski definition) is 0. The van der Waals surface area contributed by atoms with Crippen LogP contribution in [0.5, 0.6) is 0 Å². The maximum atomic E-state index is 13.2. The van der Waals surface area contributed by atoms with Gasteiger partial charge in [0.05, 0.1) is 18.9 Å². The van der Waals surface area contributed by atoms with E-state index in [1.54, 1.807) is 18.3 Å². The van der Waals surface area contributed by atoms with Gasteiger partial charge in [0.2, 0.25) is 0 Å². The summed E-state index contributed by atoms with van der Waals surface area (Å²) in [7, 11) is 1.88. The molecule has 8 heteroatoms. The Kier molecular flexibility index (Phi) is 9.17. The first-order chi connectivity index (χ1) is 13.6. The molecule has 1 aliphatic heterocycles. The number of halogens is 1. The van der Waals surface area contributed by atoms with Gasteiger partial charge in [-0.3, -0.25) is 14.5 Å². The van der Waals surface area contributed by atoms with E-state index in [2.05, 4.69) is 15.1 Å². The molecular formula is C20H25FN4O3. The maximum absolute atomic E-state index is 13.2. The lowest BCUT2D eigenvalue weighted by Gasteiger charge is -2.28. The van der Waals surface area contributed by atoms with Crippen LogP contribution in [0.25, 0.3) is 0 Å². The van der Waals surface area contributed by atoms with Crippen LogP contribution in [-0.4, -0.2) is 68.4 Å². The van der Waals surface area contributed by atoms with E-state index in [0.717, 1.165) is 39.4 Å². The normalized spacial score (nSPS) is 16.0. The fourth-order valence-electron chi connectivity index (χ4n) is 2.61. The van der Waals surface area contributed by atoms with Crippen LogP contribution >= 0.6 is 0 Å². The average molecular weight is 388 g/mol. The van der Waals surface area contributed by atoms with Gasteiger partial charge in [0.25, 0.3) is 5.91 Å². The third-order valence-corrected chi connectivity index (χ3v) is 4.14. The molecular weight excluding hydrogens is 363 g/mol. The zero-order chi connectivity index (χ0) is 20.2. The van der Waals surface area contributed by atoms with Crippen molar-refractivity contribution in [1.82, 2.24) is 9.80 Å². The minimum atomic E-state index is -0.530. The Morgan fingerprint density at radius 3 is 2.86 bits per heavy atom. The fourth-order valence-corrected chi connectivity index (χ4v) is 2.61. The minimum Gasteiger partial charge on any atom is -0.379 e. The van der Waals surface area contributed by atoms with Crippen LogP contribution in [0.4, 0.5) is 10.1 Å². The van der Waals surface area contributed by atoms with Gasteiger partial charge in [0, 0.05) is 51.1 Å². The van der Waals surface area contributed by atoms with Gasteiger partial charge in [0.15, 0.2) is 0 Å². The number of amides is 1. The maximum Gasteiger partial charge on any atom is 0.293 e. The Morgan fingerprint density at radius 2 is 2.14 bits per heavy atom. The molecule has 2 rings (SSSR count). The highest BCUT2D eigenvalue weighted by Crippen LogP contribution is 2.15. The van der Waals surface area contributed by atoms with E-state index in [1.165, 1.54) is 24.3 Å². The molecule has 0 atom stereocenters. The lowest BCUT2D eigenvalue weighted by molar-refractivity contribution is -0.115. The first-order valence-corrected chi connectivity index (χ1v) is 9.11. The van der Waals surface area contributed by atoms with E-state index in [4.69, 9.17) is 4.74 Å². The van der Waals surface area contributed by atoms with E-state index in [0.29, 0.717) is 11.9 Å². The molecule has 150 valence electrons. The van der Waals surface area contributed by atoms with Crippen molar-refractivity contribution in [3.05, 3.63) is 54.0 Å². The van der Waals surface area contributed by atoms with Crippen LogP contribution in [0.3, 0.4) is 0 Å². The van der Waals surface area contributed by atoms with Crippen LogP contribution in [0.15, 0.2) is 58.4 Å². The second-order valence-electron chi connectivity index (χ2n) is 6.34. The number of carbonyl (C=O) groups excluding carboxylic acids is 2. The third kappa shape index (κ3) is 7.89. The van der Waals surface area contributed by atoms with Gasteiger partial charge in [-0.15, -0.1) is 10.2 Å². The van der Waals surface area contributed by atoms with Crippen molar-refractivity contribution >= 4 is 17.9 Å². The summed E-state index contributed by atoms with van der Waals surface area (Å²) in [6.07, 6.45) is 5.53. The molecule has 28 heavy (non-hydrogen) atoms. The highest BCUT2D eigenvalue weighted by atomic mass is 19.1. The van der Waals surface area contributed by atoms with E-state index in [-0.39, 0.29) is 12.1 Å². The van der Waals surface area contributed by atoms with Crippen LogP contribution in [0, 0.1) is 5.82 Å². The standard InChI is InChI=1S/C20H25FN4O3/c1-24(8-9-25-10-13-28-14-11-25)16-17(5-2-3-12-26)20(27)23-22-19-7-4-6-18(21)15-19/h2-4,6-7,12,15-16H,5,8-11,13-14H2,1H3/b3-2-,17-16+,23-22+. The molecule has 1 aliphatic rings. The molecule has 7 nitrogen and oxygen atoms in total. The molecule has 1 aromatic carbocycles. The lowest BCUT2D eigenvalue weighted by atomic mass is 10.2. The summed E-state index contributed by atoms with van der Waals surface area (Å²) >= 11 is 0. The van der Waals surface area contributed by atoms with Crippen molar-refractivity contribution in [1.29, 1.82) is 0 Å². The summed E-state index contributed by atoms with van der Waals surface area (Å²) in [6.45, 7) is 4.85. The van der Waals surface area contributed by atoms with Crippen molar-refractivity contribution < 1.29 is 18.7 Å². The number of benzene rings is 1. The van der Waals surface area contributed by atoms with Gasteiger partial charge in [-0.2, -0.15) is 0 Å². The summed E-state index contributed by atoms with van der Waals surface area (Å²) in [5.41, 5.74) is 0.652. The fraction of sp³-hybridized carbons (Fsp3) is 0.400. The van der Waals surface area contributed by atoms with Gasteiger partial charge in [-0.1, -0.05) is 12.1 Å². The summed E-state index contributed by atoms with van der Waals surface area (Å²) in [5, 5.41) is 7.50. The van der Waals surface area contributed by atoms with Gasteiger partial charge in [-0.25, -0.2) is 4.39 Å². The lowest BCUT2D eigenvalue weighted by Crippen LogP contribution is -2.40. The topological polar surface area (TPSA) is 74.6 Å². The number of carbonyl (C=O) groups is 2. The van der Waals surface area contributed by atoms with Crippen LogP contribution < -0.4 is 0 Å². The highest BCUT2D eigenvalue weighted by Gasteiger charge is 2.12. The van der Waals surface area contributed by atoms with Crippen molar-refractivity contribution in [2.24, 2.45) is 10.2 Å². The summed E-state index contributed by atoms with van der Waals surface area (Å²) in [5.74, 6) is -0.977. The molecule has 1 fully saturated rings. The molecule has 1 amide bonds. The van der Waals surface area contributed by atoms with E-state index in [1.807, 2.05) is 11.9 Å². The predicted molar refractivity (Wildman–Crippen MR) is 104 cm³/mol. The molecule has 0 N–H and O–H groups in total. The van der Waals surface area contributed by atoms with E-state index < -0.39 is 11.7 Å². The van der Waals surface area contributed by atoms with Gasteiger partial charge < -0.3 is 9.64 Å². The summed E-state index contributed by atoms with van der Waals surface area (Å²) < 4.78 is 18.5. The van der Waals surface area contributed by atoms with E-state index >= 15 is 0 Å². The van der Waals surface area contributed by atoms with Crippen molar-refractivity contribution in [3.63, 3.8) is 0 Å². The monoisotopic (exact) mass is 388 g/mol. The number of azo groups is 1. The quantitative estimate of drug-likeness (QED) is 0.369. The largest absolute Gasteiger partial charge is 0.379 e. The minimum absolute atomic E-state index is 0.252. The Bertz CT molecular complexity index is 743. The van der Waals surface area contributed by atoms with Crippen LogP contribution in [0.2, 0.25) is 0 Å². The summed E-state index contributed by atoms with van der Waals surface area (Å²) in [4.78, 5) is 27.2. The van der Waals surface area contributed by atoms with E-state index in [9.17, 15) is 14.0 Å². The summed E-state index contributed by atoms with van der Waals surface area (Å²) in [6, 6.07) is 5.54. The zero-order valence-corrected chi connectivity index (χ0v) is 16.0. The molecule has 0 aliphatic carbocycles. The highest BCUT2D eigenvalue weighted by molar-refractivity contribution is 5.94. The molecule has 0 saturated carbocycles. The second-order valence-corrected chi connectivity index (χ2v) is 6.34. The number of allylic oxidation sites excluding steroid dienone is 2. The first kappa shape index (κ1) is 21.6. The van der Waals surface area contributed by atoms with Gasteiger partial charge in [0.1, 0.15) is 12.1 Å². The molecule has 0 unspecified atom stereocenters. The van der Waals surface area contributed by atoms with Gasteiger partial charge in [-0.05, 0) is 24.6 Å². The van der Waals surface area contributed by atoms with Crippen molar-refractivity contribution in [3.8, 4) is 0 Å². The number of likely N-dealkylation sites (N-methyl/N-ethyl adjacent to an activating group) is 1. The number of aldehydes is 1. The first-order valence-electron chi connectivity index (χ1n) is 9.11. The second kappa shape index (κ2) is 11.9. The Hall–Kier alpha value is -2.71. The molecule has 0 aromatic heterocycles. The number of morpholine rings is 1. The van der Waals surface area contributed by atoms with Crippen molar-refractivity contribution in [2.75, 3.05) is 46.4 Å². The SMILES string of the molecule is CN(/C=C(\C/C=C\C=O)C(=O)/N=N/c1cccc(F)c1)CCN1CCOCC1. The molecule has 0 bridgehead atoms. The molecule has 0 radical (unpaired) electrons. The predicted octanol–water partition coefficient (Wildman–Crippen LogP) is 2.73. The number of ether oxygens (including phenoxy) is 1. The van der Waals surface area contributed by atoms with Crippen LogP contribution in [0.1, 0.15) is 6.42 Å². The molecule has 1 aromatic rings. The zero-order valence-electron chi connectivity index (χ0n) is 16.0. The average Bonchev–Trinajstić information content (AvgIpc) is 2.71. The third-order valence-electron chi connectivity index (χ3n) is 4.14. The number of rotatable bonds is 9. The molecule has 1 saturated heterocycles. The van der Waals surface area contributed by atoms with Crippen LogP contribution in [-0.2, 0) is 14.3 Å². The molecule has 1 heterocycles. The number of nitrogens with zero attached hydrogens (tertiary/aromatic N) is 4. The number of hydrogen-bond acceptors (Lipinski definition) is 6. The Balaban J connectivity index is 2.01. The van der Waals surface area contributed by atoms with Crippen molar-refractivity contribution in [2.45, 2.75) is 6.42 Å². The molecule has 0 spiro atoms.